The number of hydrogen-bond acceptors (Lipinski definition) is 5. The van der Waals surface area contributed by atoms with Gasteiger partial charge in [-0.25, -0.2) is 4.79 Å². The number of hydrogen-bond donors (Lipinski definition) is 1. The number of carbonyl (C=O) groups excluding carboxylic acids is 2. The largest absolute Gasteiger partial charge is 0.353 e. The van der Waals surface area contributed by atoms with Crippen LogP contribution in [0.1, 0.15) is 25.5 Å². The van der Waals surface area contributed by atoms with E-state index in [4.69, 9.17) is 9.47 Å². The van der Waals surface area contributed by atoms with Crippen molar-refractivity contribution in [2.24, 2.45) is 0 Å². The zero-order chi connectivity index (χ0) is 19.2. The van der Waals surface area contributed by atoms with Gasteiger partial charge in [-0.15, -0.1) is 0 Å². The lowest BCUT2D eigenvalue weighted by molar-refractivity contribution is -0.208. The molecule has 2 aromatic rings. The lowest BCUT2D eigenvalue weighted by Gasteiger charge is -2.45. The standard InChI is InChI=1S/C20H22N2O4S/c1-3-25-14(2)26-18-17(15-10-6-4-7-11-15)22(19(18)23)20(24)21-27-16-12-8-5-9-13-16/h4-14,17-18H,3H2,1-2H3,(H,21,24)/t14?,17-,18+/m0/s1. The van der Waals surface area contributed by atoms with Crippen molar-refractivity contribution in [3.63, 3.8) is 0 Å². The summed E-state index contributed by atoms with van der Waals surface area (Å²) in [6.45, 7) is 4.08. The SMILES string of the molecule is CCOC(C)O[C@H]1C(=O)N(C(=O)NSc2ccccc2)[C@H]1c1ccccc1. The number of ether oxygens (including phenoxy) is 2. The van der Waals surface area contributed by atoms with E-state index in [0.29, 0.717) is 6.61 Å². The highest BCUT2D eigenvalue weighted by atomic mass is 32.2. The summed E-state index contributed by atoms with van der Waals surface area (Å²) in [6.07, 6.45) is -1.28. The van der Waals surface area contributed by atoms with Crippen molar-refractivity contribution in [2.75, 3.05) is 6.61 Å². The summed E-state index contributed by atoms with van der Waals surface area (Å²) >= 11 is 1.17. The van der Waals surface area contributed by atoms with E-state index in [2.05, 4.69) is 4.72 Å². The van der Waals surface area contributed by atoms with Crippen LogP contribution in [0.5, 0.6) is 0 Å². The Bertz CT molecular complexity index is 772. The van der Waals surface area contributed by atoms with Crippen molar-refractivity contribution in [3.8, 4) is 0 Å². The fourth-order valence-electron chi connectivity index (χ4n) is 2.92. The summed E-state index contributed by atoms with van der Waals surface area (Å²) < 4.78 is 13.9. The lowest BCUT2D eigenvalue weighted by atomic mass is 9.91. The van der Waals surface area contributed by atoms with Crippen LogP contribution in [0.4, 0.5) is 4.79 Å². The molecular weight excluding hydrogens is 364 g/mol. The quantitative estimate of drug-likeness (QED) is 0.446. The number of imide groups is 1. The van der Waals surface area contributed by atoms with E-state index in [-0.39, 0.29) is 5.91 Å². The van der Waals surface area contributed by atoms with Crippen molar-refractivity contribution in [3.05, 3.63) is 66.2 Å². The van der Waals surface area contributed by atoms with Gasteiger partial charge in [-0.1, -0.05) is 48.5 Å². The predicted molar refractivity (Wildman–Crippen MR) is 103 cm³/mol. The molecule has 6 nitrogen and oxygen atoms in total. The van der Waals surface area contributed by atoms with Crippen molar-refractivity contribution >= 4 is 23.9 Å². The fraction of sp³-hybridized carbons (Fsp3) is 0.300. The van der Waals surface area contributed by atoms with Gasteiger partial charge in [-0.3, -0.25) is 14.4 Å². The number of carbonyl (C=O) groups is 2. The summed E-state index contributed by atoms with van der Waals surface area (Å²) in [5.74, 6) is -0.374. The molecule has 142 valence electrons. The number of urea groups is 1. The summed E-state index contributed by atoms with van der Waals surface area (Å²) in [4.78, 5) is 27.3. The molecule has 1 heterocycles. The van der Waals surface area contributed by atoms with Crippen LogP contribution in [0.3, 0.4) is 0 Å². The highest BCUT2D eigenvalue weighted by Gasteiger charge is 2.53. The average molecular weight is 386 g/mol. The van der Waals surface area contributed by atoms with E-state index in [1.165, 1.54) is 16.8 Å². The molecule has 3 atom stereocenters. The van der Waals surface area contributed by atoms with Crippen LogP contribution in [-0.2, 0) is 14.3 Å². The zero-order valence-corrected chi connectivity index (χ0v) is 16.0. The Morgan fingerprint density at radius 1 is 1.15 bits per heavy atom. The van der Waals surface area contributed by atoms with Gasteiger partial charge >= 0.3 is 6.03 Å². The molecule has 3 rings (SSSR count). The van der Waals surface area contributed by atoms with Gasteiger partial charge < -0.3 is 9.47 Å². The van der Waals surface area contributed by atoms with Gasteiger partial charge in [0.1, 0.15) is 6.04 Å². The number of β-lactam (4-membered cyclic amide) rings is 1. The predicted octanol–water partition coefficient (Wildman–Crippen LogP) is 3.75. The van der Waals surface area contributed by atoms with Gasteiger partial charge in [0, 0.05) is 11.5 Å². The minimum Gasteiger partial charge on any atom is -0.353 e. The molecular formula is C20H22N2O4S. The molecule has 27 heavy (non-hydrogen) atoms. The second-order valence-electron chi connectivity index (χ2n) is 5.97. The van der Waals surface area contributed by atoms with Gasteiger partial charge in [-0.05, 0) is 43.5 Å². The molecule has 1 saturated heterocycles. The Balaban J connectivity index is 1.72. The minimum absolute atomic E-state index is 0.374. The van der Waals surface area contributed by atoms with Gasteiger partial charge in [0.2, 0.25) is 0 Å². The first-order valence-corrected chi connectivity index (χ1v) is 9.60. The zero-order valence-electron chi connectivity index (χ0n) is 15.2. The third kappa shape index (κ3) is 4.50. The van der Waals surface area contributed by atoms with E-state index >= 15 is 0 Å². The summed E-state index contributed by atoms with van der Waals surface area (Å²) in [5.41, 5.74) is 0.839. The first kappa shape index (κ1) is 19.4. The van der Waals surface area contributed by atoms with Crippen molar-refractivity contribution < 1.29 is 19.1 Å². The van der Waals surface area contributed by atoms with E-state index in [1.807, 2.05) is 67.6 Å². The maximum Gasteiger partial charge on any atom is 0.335 e. The molecule has 0 radical (unpaired) electrons. The van der Waals surface area contributed by atoms with Crippen LogP contribution in [0.2, 0.25) is 0 Å². The van der Waals surface area contributed by atoms with Crippen LogP contribution in [0.15, 0.2) is 65.6 Å². The van der Waals surface area contributed by atoms with E-state index < -0.39 is 24.5 Å². The first-order chi connectivity index (χ1) is 13.1. The Kier molecular flexibility index (Phi) is 6.49. The number of likely N-dealkylation sites (tertiary alicyclic amines) is 1. The normalized spacial score (nSPS) is 20.1. The fourth-order valence-corrected chi connectivity index (χ4v) is 3.51. The number of rotatable bonds is 7. The smallest absolute Gasteiger partial charge is 0.335 e. The third-order valence-corrected chi connectivity index (χ3v) is 4.93. The summed E-state index contributed by atoms with van der Waals surface area (Å²) in [5, 5.41) is 0. The summed E-state index contributed by atoms with van der Waals surface area (Å²) in [6, 6.07) is 17.9. The Morgan fingerprint density at radius 3 is 2.41 bits per heavy atom. The van der Waals surface area contributed by atoms with Gasteiger partial charge in [0.15, 0.2) is 12.4 Å². The number of nitrogens with one attached hydrogen (secondary N) is 1. The second kappa shape index (κ2) is 9.03. The van der Waals surface area contributed by atoms with Crippen LogP contribution in [0, 0.1) is 0 Å². The Labute approximate surface area is 163 Å². The second-order valence-corrected chi connectivity index (χ2v) is 6.85. The Morgan fingerprint density at radius 2 is 1.78 bits per heavy atom. The molecule has 1 N–H and O–H groups in total. The highest BCUT2D eigenvalue weighted by molar-refractivity contribution is 7.98. The number of amides is 3. The van der Waals surface area contributed by atoms with Crippen LogP contribution >= 0.6 is 11.9 Å². The molecule has 2 aromatic carbocycles. The van der Waals surface area contributed by atoms with Crippen LogP contribution < -0.4 is 4.72 Å². The maximum atomic E-state index is 12.6. The average Bonchev–Trinajstić information content (AvgIpc) is 2.70. The van der Waals surface area contributed by atoms with E-state index in [1.54, 1.807) is 6.92 Å². The van der Waals surface area contributed by atoms with Crippen LogP contribution in [0.25, 0.3) is 0 Å². The number of benzene rings is 2. The van der Waals surface area contributed by atoms with Crippen molar-refractivity contribution in [2.45, 2.75) is 37.2 Å². The molecule has 3 amide bonds. The molecule has 0 saturated carbocycles. The summed E-state index contributed by atoms with van der Waals surface area (Å²) in [7, 11) is 0. The molecule has 1 aliphatic heterocycles. The van der Waals surface area contributed by atoms with Gasteiger partial charge in [-0.2, -0.15) is 0 Å². The molecule has 0 aliphatic carbocycles. The van der Waals surface area contributed by atoms with Crippen molar-refractivity contribution in [1.82, 2.24) is 9.62 Å². The maximum absolute atomic E-state index is 12.6. The molecule has 0 bridgehead atoms. The Hall–Kier alpha value is -2.35. The topological polar surface area (TPSA) is 67.9 Å². The minimum atomic E-state index is -0.749. The van der Waals surface area contributed by atoms with Crippen LogP contribution in [-0.4, -0.2) is 35.8 Å². The molecule has 1 fully saturated rings. The lowest BCUT2D eigenvalue weighted by Crippen LogP contribution is -2.64. The monoisotopic (exact) mass is 386 g/mol. The van der Waals surface area contributed by atoms with Crippen molar-refractivity contribution in [1.29, 1.82) is 0 Å². The molecule has 0 spiro atoms. The number of nitrogens with zero attached hydrogens (tertiary/aromatic N) is 1. The highest BCUT2D eigenvalue weighted by Crippen LogP contribution is 2.38. The van der Waals surface area contributed by atoms with E-state index in [0.717, 1.165) is 10.5 Å². The molecule has 0 aromatic heterocycles. The van der Waals surface area contributed by atoms with E-state index in [9.17, 15) is 9.59 Å². The molecule has 1 unspecified atom stereocenters. The molecule has 1 aliphatic rings. The molecule has 7 heteroatoms. The van der Waals surface area contributed by atoms with Gasteiger partial charge in [0.25, 0.3) is 5.91 Å². The third-order valence-electron chi connectivity index (χ3n) is 4.14. The van der Waals surface area contributed by atoms with Gasteiger partial charge in [0.05, 0.1) is 0 Å². The first-order valence-electron chi connectivity index (χ1n) is 8.78.